The van der Waals surface area contributed by atoms with Gasteiger partial charge in [-0.25, -0.2) is 4.68 Å². The van der Waals surface area contributed by atoms with Crippen LogP contribution in [0, 0.1) is 0 Å². The van der Waals surface area contributed by atoms with Crippen LogP contribution in [-0.4, -0.2) is 34.8 Å². The first-order valence-electron chi connectivity index (χ1n) is 6.26. The van der Waals surface area contributed by atoms with Crippen LogP contribution in [0.3, 0.4) is 0 Å². The molecule has 0 radical (unpaired) electrons. The van der Waals surface area contributed by atoms with Gasteiger partial charge in [0.25, 0.3) is 0 Å². The van der Waals surface area contributed by atoms with E-state index in [-0.39, 0.29) is 6.04 Å². The molecule has 2 aromatic rings. The van der Waals surface area contributed by atoms with Gasteiger partial charge in [0.2, 0.25) is 0 Å². The summed E-state index contributed by atoms with van der Waals surface area (Å²) >= 11 is 0. The minimum absolute atomic E-state index is 0.229. The Labute approximate surface area is 108 Å². The Morgan fingerprint density at radius 2 is 2.06 bits per heavy atom. The SMILES string of the molecule is CCN(C)C(CN)c1cnn(-c2ccccc2)c1. The molecule has 4 nitrogen and oxygen atoms in total. The highest BCUT2D eigenvalue weighted by Crippen LogP contribution is 2.18. The Hall–Kier alpha value is -1.65. The van der Waals surface area contributed by atoms with E-state index in [1.807, 2.05) is 41.2 Å². The average molecular weight is 244 g/mol. The van der Waals surface area contributed by atoms with Gasteiger partial charge in [0.05, 0.1) is 11.9 Å². The van der Waals surface area contributed by atoms with Crippen LogP contribution < -0.4 is 5.73 Å². The van der Waals surface area contributed by atoms with Crippen LogP contribution in [0.15, 0.2) is 42.7 Å². The molecule has 1 unspecified atom stereocenters. The Balaban J connectivity index is 2.25. The highest BCUT2D eigenvalue weighted by atomic mass is 15.3. The van der Waals surface area contributed by atoms with Crippen molar-refractivity contribution in [3.8, 4) is 5.69 Å². The van der Waals surface area contributed by atoms with Crippen molar-refractivity contribution in [1.29, 1.82) is 0 Å². The van der Waals surface area contributed by atoms with Gasteiger partial charge in [-0.15, -0.1) is 0 Å². The van der Waals surface area contributed by atoms with Crippen LogP contribution in [0.5, 0.6) is 0 Å². The average Bonchev–Trinajstić information content (AvgIpc) is 2.90. The van der Waals surface area contributed by atoms with Gasteiger partial charge < -0.3 is 5.73 Å². The summed E-state index contributed by atoms with van der Waals surface area (Å²) < 4.78 is 1.89. The summed E-state index contributed by atoms with van der Waals surface area (Å²) in [4.78, 5) is 2.23. The van der Waals surface area contributed by atoms with E-state index in [9.17, 15) is 0 Å². The second-order valence-corrected chi connectivity index (χ2v) is 4.38. The summed E-state index contributed by atoms with van der Waals surface area (Å²) in [5, 5.41) is 4.41. The van der Waals surface area contributed by atoms with E-state index in [1.54, 1.807) is 0 Å². The van der Waals surface area contributed by atoms with Crippen LogP contribution in [0.4, 0.5) is 0 Å². The highest BCUT2D eigenvalue weighted by molar-refractivity contribution is 5.31. The van der Waals surface area contributed by atoms with E-state index in [1.165, 1.54) is 0 Å². The molecule has 1 aromatic carbocycles. The first kappa shape index (κ1) is 12.8. The number of para-hydroxylation sites is 1. The van der Waals surface area contributed by atoms with Gasteiger partial charge >= 0.3 is 0 Å². The number of likely N-dealkylation sites (N-methyl/N-ethyl adjacent to an activating group) is 1. The van der Waals surface area contributed by atoms with Gasteiger partial charge in [0.15, 0.2) is 0 Å². The number of nitrogens with two attached hydrogens (primary N) is 1. The summed E-state index contributed by atoms with van der Waals surface area (Å²) in [5.74, 6) is 0. The van der Waals surface area contributed by atoms with Crippen LogP contribution in [0.25, 0.3) is 5.69 Å². The zero-order valence-electron chi connectivity index (χ0n) is 11.0. The quantitative estimate of drug-likeness (QED) is 0.872. The molecule has 0 amide bonds. The maximum atomic E-state index is 5.85. The third kappa shape index (κ3) is 2.60. The highest BCUT2D eigenvalue weighted by Gasteiger charge is 2.15. The summed E-state index contributed by atoms with van der Waals surface area (Å²) in [5.41, 5.74) is 8.08. The van der Waals surface area contributed by atoms with E-state index in [0.717, 1.165) is 17.8 Å². The van der Waals surface area contributed by atoms with Gasteiger partial charge in [-0.1, -0.05) is 25.1 Å². The van der Waals surface area contributed by atoms with Crippen LogP contribution >= 0.6 is 0 Å². The minimum atomic E-state index is 0.229. The standard InChI is InChI=1S/C14H20N4/c1-3-17(2)14(9-15)12-10-16-18(11-12)13-7-5-4-6-8-13/h4-8,10-11,14H,3,9,15H2,1-2H3. The number of hydrogen-bond donors (Lipinski definition) is 1. The topological polar surface area (TPSA) is 47.1 Å². The smallest absolute Gasteiger partial charge is 0.0645 e. The van der Waals surface area contributed by atoms with E-state index >= 15 is 0 Å². The molecule has 0 aliphatic heterocycles. The number of nitrogens with zero attached hydrogens (tertiary/aromatic N) is 3. The lowest BCUT2D eigenvalue weighted by molar-refractivity contribution is 0.263. The lowest BCUT2D eigenvalue weighted by Gasteiger charge is -2.24. The fourth-order valence-electron chi connectivity index (χ4n) is 2.02. The normalized spacial score (nSPS) is 12.9. The number of benzene rings is 1. The first-order chi connectivity index (χ1) is 8.76. The predicted octanol–water partition coefficient (Wildman–Crippen LogP) is 1.82. The van der Waals surface area contributed by atoms with Gasteiger partial charge in [0.1, 0.15) is 0 Å². The van der Waals surface area contributed by atoms with E-state index in [2.05, 4.69) is 30.2 Å². The second-order valence-electron chi connectivity index (χ2n) is 4.38. The Kier molecular flexibility index (Phi) is 4.12. The largest absolute Gasteiger partial charge is 0.329 e. The molecule has 0 saturated carbocycles. The molecule has 0 saturated heterocycles. The lowest BCUT2D eigenvalue weighted by atomic mass is 10.1. The van der Waals surface area contributed by atoms with Crippen LogP contribution in [0.2, 0.25) is 0 Å². The molecule has 4 heteroatoms. The van der Waals surface area contributed by atoms with Crippen molar-refractivity contribution in [2.24, 2.45) is 5.73 Å². The van der Waals surface area contributed by atoms with Crippen molar-refractivity contribution >= 4 is 0 Å². The fraction of sp³-hybridized carbons (Fsp3) is 0.357. The lowest BCUT2D eigenvalue weighted by Crippen LogP contribution is -2.30. The Morgan fingerprint density at radius 1 is 1.33 bits per heavy atom. The molecule has 0 aliphatic rings. The molecule has 96 valence electrons. The summed E-state index contributed by atoms with van der Waals surface area (Å²) in [7, 11) is 2.08. The van der Waals surface area contributed by atoms with Crippen molar-refractivity contribution in [3.63, 3.8) is 0 Å². The summed E-state index contributed by atoms with van der Waals surface area (Å²) in [6.07, 6.45) is 3.95. The fourth-order valence-corrected chi connectivity index (χ4v) is 2.02. The Morgan fingerprint density at radius 3 is 2.67 bits per heavy atom. The zero-order chi connectivity index (χ0) is 13.0. The van der Waals surface area contributed by atoms with Crippen molar-refractivity contribution < 1.29 is 0 Å². The molecule has 18 heavy (non-hydrogen) atoms. The van der Waals surface area contributed by atoms with Gasteiger partial charge in [-0.05, 0) is 25.7 Å². The summed E-state index contributed by atoms with van der Waals surface area (Å²) in [6.45, 7) is 3.70. The third-order valence-corrected chi connectivity index (χ3v) is 3.26. The van der Waals surface area contributed by atoms with Crippen molar-refractivity contribution in [3.05, 3.63) is 48.3 Å². The first-order valence-corrected chi connectivity index (χ1v) is 6.26. The van der Waals surface area contributed by atoms with Gasteiger partial charge in [0, 0.05) is 24.3 Å². The number of aromatic nitrogens is 2. The van der Waals surface area contributed by atoms with Crippen LogP contribution in [0.1, 0.15) is 18.5 Å². The van der Waals surface area contributed by atoms with Crippen molar-refractivity contribution in [2.45, 2.75) is 13.0 Å². The number of rotatable bonds is 5. The molecule has 0 aliphatic carbocycles. The van der Waals surface area contributed by atoms with E-state index < -0.39 is 0 Å². The van der Waals surface area contributed by atoms with Crippen LogP contribution in [-0.2, 0) is 0 Å². The monoisotopic (exact) mass is 244 g/mol. The minimum Gasteiger partial charge on any atom is -0.329 e. The van der Waals surface area contributed by atoms with Crippen molar-refractivity contribution in [2.75, 3.05) is 20.1 Å². The molecule has 0 fully saturated rings. The van der Waals surface area contributed by atoms with Crippen molar-refractivity contribution in [1.82, 2.24) is 14.7 Å². The molecule has 1 heterocycles. The third-order valence-electron chi connectivity index (χ3n) is 3.26. The molecular weight excluding hydrogens is 224 g/mol. The molecule has 1 aromatic heterocycles. The van der Waals surface area contributed by atoms with Gasteiger partial charge in [-0.3, -0.25) is 4.90 Å². The molecule has 0 bridgehead atoms. The maximum Gasteiger partial charge on any atom is 0.0645 e. The molecule has 1 atom stereocenters. The molecule has 2 rings (SSSR count). The maximum absolute atomic E-state index is 5.85. The summed E-state index contributed by atoms with van der Waals surface area (Å²) in [6, 6.07) is 10.3. The predicted molar refractivity (Wildman–Crippen MR) is 73.7 cm³/mol. The number of hydrogen-bond acceptors (Lipinski definition) is 3. The Bertz CT molecular complexity index is 478. The zero-order valence-corrected chi connectivity index (χ0v) is 11.0. The molecule has 0 spiro atoms. The van der Waals surface area contributed by atoms with E-state index in [4.69, 9.17) is 5.73 Å². The van der Waals surface area contributed by atoms with E-state index in [0.29, 0.717) is 6.54 Å². The van der Waals surface area contributed by atoms with Gasteiger partial charge in [-0.2, -0.15) is 5.10 Å². The second kappa shape index (κ2) is 5.80. The molecule has 2 N–H and O–H groups in total. The molecular formula is C14H20N4.